The van der Waals surface area contributed by atoms with Crippen LogP contribution in [0.3, 0.4) is 0 Å². The molecule has 0 aliphatic carbocycles. The molecule has 1 aliphatic rings. The number of unbranched alkanes of at least 4 members (excludes halogenated alkanes) is 3. The average Bonchev–Trinajstić information content (AvgIpc) is 2.90. The van der Waals surface area contributed by atoms with Gasteiger partial charge in [0, 0.05) is 30.9 Å². The largest absolute Gasteiger partial charge is 0.390 e. The van der Waals surface area contributed by atoms with Crippen LogP contribution in [-0.2, 0) is 6.42 Å². The number of aliphatic hydroxyl groups is 1. The molecule has 212 valence electrons. The van der Waals surface area contributed by atoms with E-state index in [0.29, 0.717) is 43.1 Å². The summed E-state index contributed by atoms with van der Waals surface area (Å²) in [5.74, 6) is 0.0268. The molecule has 2 aromatic carbocycles. The molecule has 2 atom stereocenters. The molecule has 0 aromatic heterocycles. The predicted octanol–water partition coefficient (Wildman–Crippen LogP) is 5.26. The van der Waals surface area contributed by atoms with Gasteiger partial charge in [-0.25, -0.2) is 0 Å². The highest BCUT2D eigenvalue weighted by atomic mass is 32.3. The Morgan fingerprint density at radius 2 is 1.84 bits per heavy atom. The second-order valence-electron chi connectivity index (χ2n) is 10.0. The highest BCUT2D eigenvalue weighted by molar-refractivity contribution is 8.25. The number of aliphatic hydroxyl groups excluding tert-OH is 1. The monoisotopic (exact) mass is 546 g/mol. The minimum absolute atomic E-state index is 0.303. The summed E-state index contributed by atoms with van der Waals surface area (Å²) >= 11 is 0. The Morgan fingerprint density at radius 3 is 2.55 bits per heavy atom. The maximum absolute atomic E-state index is 13.5. The van der Waals surface area contributed by atoms with E-state index in [1.54, 1.807) is 16.4 Å². The number of nitrogens with zero attached hydrogens (tertiary/aromatic N) is 1. The van der Waals surface area contributed by atoms with Crippen molar-refractivity contribution in [3.8, 4) is 0 Å². The molecule has 2 aromatic rings. The zero-order chi connectivity index (χ0) is 27.4. The molecule has 0 spiro atoms. The topological polar surface area (TPSA) is 117 Å². The third kappa shape index (κ3) is 9.17. The van der Waals surface area contributed by atoms with Crippen molar-refractivity contribution in [2.45, 2.75) is 70.9 Å². The van der Waals surface area contributed by atoms with E-state index in [9.17, 15) is 19.0 Å². The quantitative estimate of drug-likeness (QED) is 0.169. The van der Waals surface area contributed by atoms with Gasteiger partial charge in [-0.1, -0.05) is 56.5 Å². The summed E-state index contributed by atoms with van der Waals surface area (Å²) in [5, 5.41) is 20.7. The first-order valence-electron chi connectivity index (χ1n) is 14.0. The van der Waals surface area contributed by atoms with Crippen molar-refractivity contribution < 1.29 is 19.0 Å². The fourth-order valence-electron chi connectivity index (χ4n) is 4.77. The van der Waals surface area contributed by atoms with Crippen LogP contribution in [0.4, 0.5) is 11.4 Å². The standard InChI is InChI=1S/C29H46N4O4S/c1-3-5-6-10-15-30-22-28(34)27(18-23-13-8-7-9-14-23)32-29(35)24-19-25(31-4-2)21-26(20-24)33-16-11-12-17-38(33,36)37/h7-9,13-14,19-21,27-28,30-31,34,36-37H,3-6,10-12,15-18,22H2,1-2H3,(H,32,35)/t27-,28+/m0/s1. The van der Waals surface area contributed by atoms with Gasteiger partial charge >= 0.3 is 0 Å². The molecule has 8 nitrogen and oxygen atoms in total. The van der Waals surface area contributed by atoms with E-state index in [-0.39, 0.29) is 5.91 Å². The summed E-state index contributed by atoms with van der Waals surface area (Å²) in [6, 6.07) is 14.7. The number of hydrogen-bond acceptors (Lipinski definition) is 7. The van der Waals surface area contributed by atoms with Gasteiger partial charge in [-0.2, -0.15) is 0 Å². The number of amides is 1. The van der Waals surface area contributed by atoms with Crippen LogP contribution in [0.2, 0.25) is 0 Å². The number of hydrogen-bond donors (Lipinski definition) is 6. The number of nitrogens with one attached hydrogen (secondary N) is 3. The van der Waals surface area contributed by atoms with Crippen LogP contribution in [0.15, 0.2) is 48.5 Å². The molecular weight excluding hydrogens is 500 g/mol. The zero-order valence-electron chi connectivity index (χ0n) is 22.9. The maximum atomic E-state index is 13.5. The molecule has 1 saturated heterocycles. The van der Waals surface area contributed by atoms with Crippen LogP contribution in [-0.4, -0.2) is 64.2 Å². The molecule has 6 N–H and O–H groups in total. The Kier molecular flexibility index (Phi) is 12.2. The van der Waals surface area contributed by atoms with Gasteiger partial charge in [-0.15, -0.1) is 10.8 Å². The number of carbonyl (C=O) groups is 1. The van der Waals surface area contributed by atoms with Crippen molar-refractivity contribution in [3.63, 3.8) is 0 Å². The maximum Gasteiger partial charge on any atom is 0.251 e. The van der Waals surface area contributed by atoms with E-state index in [1.165, 1.54) is 12.8 Å². The van der Waals surface area contributed by atoms with E-state index in [2.05, 4.69) is 22.9 Å². The number of carbonyl (C=O) groups excluding carboxylic acids is 1. The number of benzene rings is 2. The molecule has 0 radical (unpaired) electrons. The molecule has 9 heteroatoms. The van der Waals surface area contributed by atoms with Crippen molar-refractivity contribution in [1.82, 2.24) is 10.6 Å². The number of rotatable bonds is 15. The van der Waals surface area contributed by atoms with Crippen LogP contribution in [0, 0.1) is 0 Å². The Bertz CT molecular complexity index is 992. The fraction of sp³-hybridized carbons (Fsp3) is 0.552. The molecule has 1 aliphatic heterocycles. The van der Waals surface area contributed by atoms with Gasteiger partial charge in [0.15, 0.2) is 0 Å². The normalized spacial score (nSPS) is 17.4. The smallest absolute Gasteiger partial charge is 0.251 e. The van der Waals surface area contributed by atoms with Crippen molar-refractivity contribution in [2.75, 3.05) is 41.6 Å². The Balaban J connectivity index is 1.77. The first kappa shape index (κ1) is 30.2. The van der Waals surface area contributed by atoms with Gasteiger partial charge in [-0.3, -0.25) is 18.2 Å². The third-order valence-electron chi connectivity index (χ3n) is 6.87. The lowest BCUT2D eigenvalue weighted by molar-refractivity contribution is 0.0830. The lowest BCUT2D eigenvalue weighted by atomic mass is 10.00. The Morgan fingerprint density at radius 1 is 1.05 bits per heavy atom. The van der Waals surface area contributed by atoms with Gasteiger partial charge in [0.25, 0.3) is 5.91 Å². The molecule has 1 fully saturated rings. The lowest BCUT2D eigenvalue weighted by Gasteiger charge is -2.47. The third-order valence-corrected chi connectivity index (χ3v) is 8.81. The first-order chi connectivity index (χ1) is 18.3. The van der Waals surface area contributed by atoms with Gasteiger partial charge in [-0.05, 0) is 62.9 Å². The molecule has 1 amide bonds. The number of anilines is 2. The van der Waals surface area contributed by atoms with Crippen molar-refractivity contribution in [1.29, 1.82) is 0 Å². The molecule has 0 saturated carbocycles. The molecule has 3 rings (SSSR count). The second kappa shape index (κ2) is 15.3. The summed E-state index contributed by atoms with van der Waals surface area (Å²) in [4.78, 5) is 13.5. The minimum atomic E-state index is -2.92. The first-order valence-corrected chi connectivity index (χ1v) is 15.7. The van der Waals surface area contributed by atoms with Gasteiger partial charge < -0.3 is 21.1 Å². The summed E-state index contributed by atoms with van der Waals surface area (Å²) in [7, 11) is -2.92. The van der Waals surface area contributed by atoms with Crippen LogP contribution in [0.5, 0.6) is 0 Å². The van der Waals surface area contributed by atoms with Gasteiger partial charge in [0.1, 0.15) is 0 Å². The SMILES string of the molecule is CCCCCCNC[C@@H](O)[C@H](Cc1ccccc1)NC(=O)c1cc(NCC)cc(N2CCCCS2(O)O)c1. The average molecular weight is 547 g/mol. The van der Waals surface area contributed by atoms with Gasteiger partial charge in [0.05, 0.1) is 23.6 Å². The zero-order valence-corrected chi connectivity index (χ0v) is 23.7. The van der Waals surface area contributed by atoms with Crippen molar-refractivity contribution in [3.05, 3.63) is 59.7 Å². The highest BCUT2D eigenvalue weighted by Gasteiger charge is 2.28. The van der Waals surface area contributed by atoms with Crippen LogP contribution < -0.4 is 20.3 Å². The second-order valence-corrected chi connectivity index (χ2v) is 12.2. The predicted molar refractivity (Wildman–Crippen MR) is 159 cm³/mol. The Labute approximate surface area is 229 Å². The molecular formula is C29H46N4O4S. The summed E-state index contributed by atoms with van der Waals surface area (Å²) in [5.41, 5.74) is 2.80. The minimum Gasteiger partial charge on any atom is -0.390 e. The van der Waals surface area contributed by atoms with Crippen LogP contribution >= 0.6 is 10.8 Å². The summed E-state index contributed by atoms with van der Waals surface area (Å²) in [6.45, 7) is 6.57. The van der Waals surface area contributed by atoms with Crippen LogP contribution in [0.25, 0.3) is 0 Å². The van der Waals surface area contributed by atoms with Crippen molar-refractivity contribution >= 4 is 28.1 Å². The summed E-state index contributed by atoms with van der Waals surface area (Å²) < 4.78 is 23.0. The molecule has 0 bridgehead atoms. The Hall–Kier alpha value is -2.30. The molecule has 38 heavy (non-hydrogen) atoms. The van der Waals surface area contributed by atoms with Gasteiger partial charge in [0.2, 0.25) is 0 Å². The van der Waals surface area contributed by atoms with E-state index in [1.807, 2.05) is 43.3 Å². The fourth-order valence-corrected chi connectivity index (χ4v) is 6.45. The van der Waals surface area contributed by atoms with Crippen LogP contribution in [0.1, 0.15) is 68.3 Å². The lowest BCUT2D eigenvalue weighted by Crippen LogP contribution is -2.49. The molecule has 1 heterocycles. The summed E-state index contributed by atoms with van der Waals surface area (Å²) in [6.07, 6.45) is 5.97. The van der Waals surface area contributed by atoms with E-state index >= 15 is 0 Å². The van der Waals surface area contributed by atoms with E-state index in [0.717, 1.165) is 43.5 Å². The van der Waals surface area contributed by atoms with E-state index in [4.69, 9.17) is 0 Å². The van der Waals surface area contributed by atoms with E-state index < -0.39 is 22.9 Å². The molecule has 0 unspecified atom stereocenters. The van der Waals surface area contributed by atoms with Crippen molar-refractivity contribution in [2.24, 2.45) is 0 Å². The highest BCUT2D eigenvalue weighted by Crippen LogP contribution is 2.50.